The van der Waals surface area contributed by atoms with E-state index in [0.717, 1.165) is 4.47 Å². The third-order valence-electron chi connectivity index (χ3n) is 3.61. The van der Waals surface area contributed by atoms with Gasteiger partial charge in [0.25, 0.3) is 15.9 Å². The van der Waals surface area contributed by atoms with Crippen molar-refractivity contribution in [3.05, 3.63) is 71.1 Å². The second-order valence-corrected chi connectivity index (χ2v) is 8.04. The van der Waals surface area contributed by atoms with E-state index in [4.69, 9.17) is 9.15 Å². The smallest absolute Gasteiger partial charge is 0.261 e. The van der Waals surface area contributed by atoms with Crippen molar-refractivity contribution in [2.45, 2.75) is 4.90 Å². The largest absolute Gasteiger partial charge is 0.495 e. The lowest BCUT2D eigenvalue weighted by Crippen LogP contribution is -2.15. The molecule has 3 rings (SSSR count). The Morgan fingerprint density at radius 2 is 1.85 bits per heavy atom. The predicted octanol–water partition coefficient (Wildman–Crippen LogP) is 4.10. The summed E-state index contributed by atoms with van der Waals surface area (Å²) in [5, 5.41) is 2.63. The van der Waals surface area contributed by atoms with Gasteiger partial charge in [0.05, 0.1) is 29.5 Å². The minimum Gasteiger partial charge on any atom is -0.495 e. The summed E-state index contributed by atoms with van der Waals surface area (Å²) in [7, 11) is -2.43. The van der Waals surface area contributed by atoms with Gasteiger partial charge in [-0.2, -0.15) is 0 Å². The number of rotatable bonds is 6. The highest BCUT2D eigenvalue weighted by Gasteiger charge is 2.18. The second kappa shape index (κ2) is 7.85. The monoisotopic (exact) mass is 450 g/mol. The second-order valence-electron chi connectivity index (χ2n) is 5.44. The number of benzene rings is 2. The van der Waals surface area contributed by atoms with E-state index in [9.17, 15) is 13.2 Å². The first-order chi connectivity index (χ1) is 12.9. The van der Waals surface area contributed by atoms with E-state index in [1.807, 2.05) is 0 Å². The van der Waals surface area contributed by atoms with E-state index >= 15 is 0 Å². The van der Waals surface area contributed by atoms with Gasteiger partial charge in [-0.05, 0) is 48.5 Å². The maximum absolute atomic E-state index is 12.7. The van der Waals surface area contributed by atoms with Crippen molar-refractivity contribution in [1.82, 2.24) is 0 Å². The van der Waals surface area contributed by atoms with Crippen molar-refractivity contribution in [2.24, 2.45) is 0 Å². The SMILES string of the molecule is COc1ccc(S(=O)(=O)Nc2ccc(Br)cc2)cc1NC(=O)c1ccoc1. The summed E-state index contributed by atoms with van der Waals surface area (Å²) in [4.78, 5) is 12.2. The summed E-state index contributed by atoms with van der Waals surface area (Å²) in [6.45, 7) is 0. The molecule has 1 amide bonds. The van der Waals surface area contributed by atoms with Crippen molar-refractivity contribution in [2.75, 3.05) is 17.1 Å². The Labute approximate surface area is 164 Å². The number of nitrogens with one attached hydrogen (secondary N) is 2. The van der Waals surface area contributed by atoms with Crippen LogP contribution in [-0.4, -0.2) is 21.4 Å². The first-order valence-electron chi connectivity index (χ1n) is 7.69. The van der Waals surface area contributed by atoms with Crippen molar-refractivity contribution in [3.8, 4) is 5.75 Å². The van der Waals surface area contributed by atoms with Gasteiger partial charge >= 0.3 is 0 Å². The van der Waals surface area contributed by atoms with E-state index in [-0.39, 0.29) is 10.6 Å². The maximum Gasteiger partial charge on any atom is 0.261 e. The highest BCUT2D eigenvalue weighted by molar-refractivity contribution is 9.10. The van der Waals surface area contributed by atoms with Gasteiger partial charge in [-0.15, -0.1) is 0 Å². The number of amides is 1. The van der Waals surface area contributed by atoms with E-state index < -0.39 is 15.9 Å². The zero-order valence-electron chi connectivity index (χ0n) is 14.1. The van der Waals surface area contributed by atoms with Crippen molar-refractivity contribution in [1.29, 1.82) is 0 Å². The van der Waals surface area contributed by atoms with Crippen LogP contribution >= 0.6 is 15.9 Å². The van der Waals surface area contributed by atoms with Gasteiger partial charge in [0.15, 0.2) is 0 Å². The van der Waals surface area contributed by atoms with Gasteiger partial charge in [0, 0.05) is 10.2 Å². The molecule has 0 bridgehead atoms. The number of sulfonamides is 1. The highest BCUT2D eigenvalue weighted by atomic mass is 79.9. The van der Waals surface area contributed by atoms with Crippen LogP contribution in [0.4, 0.5) is 11.4 Å². The molecule has 0 radical (unpaired) electrons. The third-order valence-corrected chi connectivity index (χ3v) is 5.52. The van der Waals surface area contributed by atoms with Crippen LogP contribution in [0.3, 0.4) is 0 Å². The molecular weight excluding hydrogens is 436 g/mol. The molecule has 3 aromatic rings. The van der Waals surface area contributed by atoms with Crippen LogP contribution in [0.2, 0.25) is 0 Å². The van der Waals surface area contributed by atoms with Crippen LogP contribution in [0.1, 0.15) is 10.4 Å². The minimum atomic E-state index is -3.85. The quantitative estimate of drug-likeness (QED) is 0.588. The number of carbonyl (C=O) groups is 1. The lowest BCUT2D eigenvalue weighted by molar-refractivity contribution is 0.102. The van der Waals surface area contributed by atoms with Gasteiger partial charge < -0.3 is 14.5 Å². The Morgan fingerprint density at radius 1 is 1.11 bits per heavy atom. The molecular formula is C18H15BrN2O5S. The number of halogens is 1. The standard InChI is InChI=1S/C18H15BrN2O5S/c1-25-17-7-6-15(10-16(17)20-18(22)12-8-9-26-11-12)27(23,24)21-14-4-2-13(19)3-5-14/h2-11,21H,1H3,(H,20,22). The van der Waals surface area contributed by atoms with Crippen molar-refractivity contribution in [3.63, 3.8) is 0 Å². The number of hydrogen-bond donors (Lipinski definition) is 2. The first-order valence-corrected chi connectivity index (χ1v) is 9.96. The fourth-order valence-corrected chi connectivity index (χ4v) is 3.62. The van der Waals surface area contributed by atoms with Crippen LogP contribution in [-0.2, 0) is 10.0 Å². The molecule has 0 atom stereocenters. The summed E-state index contributed by atoms with van der Waals surface area (Å²) in [5.41, 5.74) is 0.943. The molecule has 0 aliphatic carbocycles. The average Bonchev–Trinajstić information content (AvgIpc) is 3.18. The summed E-state index contributed by atoms with van der Waals surface area (Å²) in [6.07, 6.45) is 2.66. The van der Waals surface area contributed by atoms with Crippen LogP contribution in [0.5, 0.6) is 5.75 Å². The van der Waals surface area contributed by atoms with Gasteiger partial charge in [0.1, 0.15) is 12.0 Å². The zero-order valence-corrected chi connectivity index (χ0v) is 16.5. The fraction of sp³-hybridized carbons (Fsp3) is 0.0556. The predicted molar refractivity (Wildman–Crippen MR) is 105 cm³/mol. The molecule has 0 saturated heterocycles. The molecule has 140 valence electrons. The zero-order chi connectivity index (χ0) is 19.4. The van der Waals surface area contributed by atoms with Crippen LogP contribution in [0, 0.1) is 0 Å². The number of anilines is 2. The first kappa shape index (κ1) is 19.0. The number of methoxy groups -OCH3 is 1. The summed E-state index contributed by atoms with van der Waals surface area (Å²) >= 11 is 3.30. The van der Waals surface area contributed by atoms with E-state index in [1.54, 1.807) is 24.3 Å². The van der Waals surface area contributed by atoms with Crippen LogP contribution < -0.4 is 14.8 Å². The number of carbonyl (C=O) groups excluding carboxylic acids is 1. The molecule has 0 saturated carbocycles. The van der Waals surface area contributed by atoms with Gasteiger partial charge in [-0.3, -0.25) is 9.52 Å². The molecule has 0 aliphatic heterocycles. The van der Waals surface area contributed by atoms with Crippen molar-refractivity contribution >= 4 is 43.2 Å². The summed E-state index contributed by atoms with van der Waals surface area (Å²) < 4.78 is 38.7. The lowest BCUT2D eigenvalue weighted by Gasteiger charge is -2.13. The molecule has 0 spiro atoms. The van der Waals surface area contributed by atoms with Crippen molar-refractivity contribution < 1.29 is 22.4 Å². The number of hydrogen-bond acceptors (Lipinski definition) is 5. The van der Waals surface area contributed by atoms with Crippen LogP contribution in [0.25, 0.3) is 0 Å². The van der Waals surface area contributed by atoms with Gasteiger partial charge in [0.2, 0.25) is 0 Å². The van der Waals surface area contributed by atoms with E-state index in [1.165, 1.54) is 43.9 Å². The average molecular weight is 451 g/mol. The Balaban J connectivity index is 1.89. The number of ether oxygens (including phenoxy) is 1. The maximum atomic E-state index is 12.7. The molecule has 2 aromatic carbocycles. The van der Waals surface area contributed by atoms with Crippen LogP contribution in [0.15, 0.2) is 74.8 Å². The topological polar surface area (TPSA) is 97.6 Å². The van der Waals surface area contributed by atoms with Gasteiger partial charge in [-0.25, -0.2) is 8.42 Å². The Bertz CT molecular complexity index is 1050. The summed E-state index contributed by atoms with van der Waals surface area (Å²) in [6, 6.07) is 12.4. The molecule has 27 heavy (non-hydrogen) atoms. The molecule has 0 unspecified atom stereocenters. The molecule has 0 aliphatic rings. The molecule has 1 aromatic heterocycles. The molecule has 7 nitrogen and oxygen atoms in total. The van der Waals surface area contributed by atoms with E-state index in [2.05, 4.69) is 26.0 Å². The normalized spacial score (nSPS) is 11.0. The highest BCUT2D eigenvalue weighted by Crippen LogP contribution is 2.29. The van der Waals surface area contributed by atoms with Gasteiger partial charge in [-0.1, -0.05) is 15.9 Å². The molecule has 2 N–H and O–H groups in total. The molecule has 1 heterocycles. The van der Waals surface area contributed by atoms with E-state index in [0.29, 0.717) is 17.0 Å². The Kier molecular flexibility index (Phi) is 5.52. The third kappa shape index (κ3) is 4.50. The lowest BCUT2D eigenvalue weighted by atomic mass is 10.2. The fourth-order valence-electron chi connectivity index (χ4n) is 2.27. The molecule has 9 heteroatoms. The Hall–Kier alpha value is -2.78. The number of furan rings is 1. The Morgan fingerprint density at radius 3 is 2.48 bits per heavy atom. The summed E-state index contributed by atoms with van der Waals surface area (Å²) in [5.74, 6) is -0.119. The molecule has 0 fully saturated rings. The minimum absolute atomic E-state index is 0.0197.